The molecule has 3 rings (SSSR count). The van der Waals surface area contributed by atoms with Crippen LogP contribution in [0.5, 0.6) is 0 Å². The van der Waals surface area contributed by atoms with Crippen molar-refractivity contribution in [1.29, 1.82) is 0 Å². The van der Waals surface area contributed by atoms with Crippen LogP contribution in [0, 0.1) is 0 Å². The number of para-hydroxylation sites is 1. The van der Waals surface area contributed by atoms with Gasteiger partial charge in [-0.2, -0.15) is 0 Å². The number of likely N-dealkylation sites (tertiary alicyclic amines) is 1. The average Bonchev–Trinajstić information content (AvgIpc) is 2.85. The molecule has 1 fully saturated rings. The van der Waals surface area contributed by atoms with Crippen LogP contribution in [0.2, 0.25) is 0 Å². The average molecular weight is 287 g/mol. The molecule has 1 aromatic heterocycles. The molecule has 1 saturated heterocycles. The Morgan fingerprint density at radius 3 is 3.05 bits per heavy atom. The van der Waals surface area contributed by atoms with Crippen molar-refractivity contribution in [2.75, 3.05) is 6.54 Å². The number of carboxylic acids is 1. The summed E-state index contributed by atoms with van der Waals surface area (Å²) in [7, 11) is 0. The van der Waals surface area contributed by atoms with Crippen molar-refractivity contribution in [3.63, 3.8) is 0 Å². The van der Waals surface area contributed by atoms with Crippen LogP contribution in [0.1, 0.15) is 25.1 Å². The lowest BCUT2D eigenvalue weighted by molar-refractivity contribution is -0.138. The third kappa shape index (κ3) is 2.95. The van der Waals surface area contributed by atoms with Gasteiger partial charge in [0.2, 0.25) is 0 Å². The molecule has 0 amide bonds. The van der Waals surface area contributed by atoms with Gasteiger partial charge in [-0.25, -0.2) is 4.98 Å². The number of H-pyrrole nitrogens is 1. The minimum absolute atomic E-state index is 0.0271. The fourth-order valence-electron chi connectivity index (χ4n) is 2.94. The van der Waals surface area contributed by atoms with Crippen LogP contribution < -0.4 is 5.56 Å². The van der Waals surface area contributed by atoms with Gasteiger partial charge in [0.15, 0.2) is 0 Å². The van der Waals surface area contributed by atoms with E-state index in [1.807, 2.05) is 18.2 Å². The van der Waals surface area contributed by atoms with Gasteiger partial charge in [0.25, 0.3) is 5.56 Å². The number of benzene rings is 1. The highest BCUT2D eigenvalue weighted by Crippen LogP contribution is 2.21. The molecule has 0 aliphatic carbocycles. The summed E-state index contributed by atoms with van der Waals surface area (Å²) in [6.07, 6.45) is 2.00. The largest absolute Gasteiger partial charge is 0.481 e. The Morgan fingerprint density at radius 1 is 1.43 bits per heavy atom. The number of carbonyl (C=O) groups is 1. The maximum Gasteiger partial charge on any atom is 0.304 e. The van der Waals surface area contributed by atoms with Gasteiger partial charge in [-0.15, -0.1) is 0 Å². The molecule has 1 unspecified atom stereocenters. The van der Waals surface area contributed by atoms with Gasteiger partial charge >= 0.3 is 5.97 Å². The fourth-order valence-corrected chi connectivity index (χ4v) is 2.94. The predicted molar refractivity (Wildman–Crippen MR) is 78.0 cm³/mol. The molecule has 1 atom stereocenters. The van der Waals surface area contributed by atoms with E-state index in [0.29, 0.717) is 23.3 Å². The molecule has 0 saturated carbocycles. The molecule has 1 aliphatic rings. The molecule has 0 radical (unpaired) electrons. The molecule has 2 heterocycles. The first kappa shape index (κ1) is 13.8. The smallest absolute Gasteiger partial charge is 0.304 e. The summed E-state index contributed by atoms with van der Waals surface area (Å²) >= 11 is 0. The zero-order valence-corrected chi connectivity index (χ0v) is 11.6. The van der Waals surface area contributed by atoms with Gasteiger partial charge < -0.3 is 10.1 Å². The second-order valence-electron chi connectivity index (χ2n) is 5.39. The molecule has 1 aliphatic heterocycles. The van der Waals surface area contributed by atoms with Gasteiger partial charge in [0.05, 0.1) is 23.9 Å². The highest BCUT2D eigenvalue weighted by atomic mass is 16.4. The van der Waals surface area contributed by atoms with E-state index in [-0.39, 0.29) is 18.0 Å². The maximum absolute atomic E-state index is 12.0. The lowest BCUT2D eigenvalue weighted by Gasteiger charge is -2.22. The minimum Gasteiger partial charge on any atom is -0.481 e. The summed E-state index contributed by atoms with van der Waals surface area (Å²) < 4.78 is 0. The SMILES string of the molecule is O=C(O)CC1CCCN1Cc1nc2ccccc2c(=O)[nH]1. The standard InChI is InChI=1S/C15H17N3O3/c19-14(20)8-10-4-3-7-18(10)9-13-16-12-6-2-1-5-11(12)15(21)17-13/h1-2,5-6,10H,3-4,7-9H2,(H,19,20)(H,16,17,21). The number of nitrogens with zero attached hydrogens (tertiary/aromatic N) is 2. The Balaban J connectivity index is 1.84. The molecule has 0 spiro atoms. The molecular formula is C15H17N3O3. The van der Waals surface area contributed by atoms with E-state index in [1.165, 1.54) is 0 Å². The lowest BCUT2D eigenvalue weighted by Crippen LogP contribution is -2.32. The summed E-state index contributed by atoms with van der Waals surface area (Å²) in [6, 6.07) is 7.24. The summed E-state index contributed by atoms with van der Waals surface area (Å²) in [5.74, 6) is -0.192. The van der Waals surface area contributed by atoms with Crippen molar-refractivity contribution in [1.82, 2.24) is 14.9 Å². The number of carboxylic acid groups (broad SMARTS) is 1. The first-order valence-corrected chi connectivity index (χ1v) is 7.07. The van der Waals surface area contributed by atoms with Crippen molar-refractivity contribution in [3.05, 3.63) is 40.4 Å². The van der Waals surface area contributed by atoms with Gasteiger partial charge in [-0.3, -0.25) is 14.5 Å². The number of rotatable bonds is 4. The third-order valence-electron chi connectivity index (χ3n) is 3.92. The molecule has 21 heavy (non-hydrogen) atoms. The van der Waals surface area contributed by atoms with Crippen molar-refractivity contribution in [3.8, 4) is 0 Å². The van der Waals surface area contributed by atoms with E-state index in [0.717, 1.165) is 19.4 Å². The Kier molecular flexibility index (Phi) is 3.70. The molecular weight excluding hydrogens is 270 g/mol. The molecule has 1 aromatic carbocycles. The Morgan fingerprint density at radius 2 is 2.24 bits per heavy atom. The van der Waals surface area contributed by atoms with Crippen LogP contribution in [-0.2, 0) is 11.3 Å². The van der Waals surface area contributed by atoms with Crippen LogP contribution in [0.25, 0.3) is 10.9 Å². The second-order valence-corrected chi connectivity index (χ2v) is 5.39. The lowest BCUT2D eigenvalue weighted by atomic mass is 10.1. The third-order valence-corrected chi connectivity index (χ3v) is 3.92. The van der Waals surface area contributed by atoms with Crippen molar-refractivity contribution < 1.29 is 9.90 Å². The van der Waals surface area contributed by atoms with Gasteiger partial charge in [0.1, 0.15) is 5.82 Å². The summed E-state index contributed by atoms with van der Waals surface area (Å²) in [4.78, 5) is 32.3. The molecule has 0 bridgehead atoms. The molecule has 110 valence electrons. The predicted octanol–water partition coefficient (Wildman–Crippen LogP) is 1.36. The molecule has 6 nitrogen and oxygen atoms in total. The number of aromatic amines is 1. The zero-order valence-electron chi connectivity index (χ0n) is 11.6. The van der Waals surface area contributed by atoms with Gasteiger partial charge in [0, 0.05) is 6.04 Å². The van der Waals surface area contributed by atoms with Crippen LogP contribution >= 0.6 is 0 Å². The molecule has 6 heteroatoms. The number of aromatic nitrogens is 2. The zero-order chi connectivity index (χ0) is 14.8. The van der Waals surface area contributed by atoms with E-state index in [9.17, 15) is 9.59 Å². The summed E-state index contributed by atoms with van der Waals surface area (Å²) in [5, 5.41) is 9.52. The van der Waals surface area contributed by atoms with Gasteiger partial charge in [-0.1, -0.05) is 12.1 Å². The van der Waals surface area contributed by atoms with Crippen LogP contribution in [0.3, 0.4) is 0 Å². The van der Waals surface area contributed by atoms with E-state index in [1.54, 1.807) is 6.07 Å². The van der Waals surface area contributed by atoms with E-state index in [4.69, 9.17) is 5.11 Å². The van der Waals surface area contributed by atoms with Crippen LogP contribution in [-0.4, -0.2) is 38.5 Å². The monoisotopic (exact) mass is 287 g/mol. The number of hydrogen-bond donors (Lipinski definition) is 2. The highest BCUT2D eigenvalue weighted by Gasteiger charge is 2.27. The number of hydrogen-bond acceptors (Lipinski definition) is 4. The number of fused-ring (bicyclic) bond motifs is 1. The maximum atomic E-state index is 12.0. The van der Waals surface area contributed by atoms with Crippen molar-refractivity contribution >= 4 is 16.9 Å². The number of aliphatic carboxylic acids is 1. The number of nitrogens with one attached hydrogen (secondary N) is 1. The van der Waals surface area contributed by atoms with Crippen LogP contribution in [0.15, 0.2) is 29.1 Å². The van der Waals surface area contributed by atoms with E-state index in [2.05, 4.69) is 14.9 Å². The fraction of sp³-hybridized carbons (Fsp3) is 0.400. The normalized spacial score (nSPS) is 19.1. The van der Waals surface area contributed by atoms with E-state index < -0.39 is 5.97 Å². The molecule has 2 N–H and O–H groups in total. The van der Waals surface area contributed by atoms with Crippen molar-refractivity contribution in [2.24, 2.45) is 0 Å². The topological polar surface area (TPSA) is 86.3 Å². The Bertz CT molecular complexity index is 725. The highest BCUT2D eigenvalue weighted by molar-refractivity contribution is 5.77. The summed E-state index contributed by atoms with van der Waals surface area (Å²) in [6.45, 7) is 1.33. The second kappa shape index (κ2) is 5.65. The first-order chi connectivity index (χ1) is 10.1. The van der Waals surface area contributed by atoms with Crippen molar-refractivity contribution in [2.45, 2.75) is 31.8 Å². The Hall–Kier alpha value is -2.21. The minimum atomic E-state index is -0.785. The Labute approximate surface area is 121 Å². The van der Waals surface area contributed by atoms with Crippen LogP contribution in [0.4, 0.5) is 0 Å². The first-order valence-electron chi connectivity index (χ1n) is 7.07. The summed E-state index contributed by atoms with van der Waals surface area (Å²) in [5.41, 5.74) is 0.523. The quantitative estimate of drug-likeness (QED) is 0.886. The van der Waals surface area contributed by atoms with E-state index >= 15 is 0 Å². The molecule has 2 aromatic rings. The van der Waals surface area contributed by atoms with Gasteiger partial charge in [-0.05, 0) is 31.5 Å².